The summed E-state index contributed by atoms with van der Waals surface area (Å²) in [7, 11) is 0. The van der Waals surface area contributed by atoms with Gasteiger partial charge in [-0.15, -0.1) is 0 Å². The van der Waals surface area contributed by atoms with Gasteiger partial charge in [0, 0.05) is 19.2 Å². The summed E-state index contributed by atoms with van der Waals surface area (Å²) in [5, 5.41) is 9.85. The number of H-pyrrole nitrogens is 1. The zero-order chi connectivity index (χ0) is 11.4. The second-order valence-electron chi connectivity index (χ2n) is 3.40. The fourth-order valence-corrected chi connectivity index (χ4v) is 1.69. The van der Waals surface area contributed by atoms with Crippen molar-refractivity contribution in [2.24, 2.45) is 0 Å². The summed E-state index contributed by atoms with van der Waals surface area (Å²) < 4.78 is 1.01. The summed E-state index contributed by atoms with van der Waals surface area (Å²) in [6.07, 6.45) is 4.09. The second-order valence-corrected chi connectivity index (χ2v) is 4.19. The lowest BCUT2D eigenvalue weighted by Crippen LogP contribution is -2.08. The molecule has 0 unspecified atom stereocenters. The number of halogens is 1. The van der Waals surface area contributed by atoms with Crippen LogP contribution in [-0.2, 0) is 6.42 Å². The van der Waals surface area contributed by atoms with Gasteiger partial charge in [-0.2, -0.15) is 5.10 Å². The van der Waals surface area contributed by atoms with Crippen LogP contribution in [0, 0.1) is 6.92 Å². The first-order chi connectivity index (χ1) is 7.77. The molecule has 6 heteroatoms. The number of rotatable bonds is 4. The Morgan fingerprint density at radius 1 is 1.44 bits per heavy atom. The Hall–Kier alpha value is -1.43. The van der Waals surface area contributed by atoms with Gasteiger partial charge in [0.15, 0.2) is 0 Å². The highest BCUT2D eigenvalue weighted by Crippen LogP contribution is 2.22. The molecule has 0 spiro atoms. The molecule has 0 aliphatic carbocycles. The quantitative estimate of drug-likeness (QED) is 0.899. The van der Waals surface area contributed by atoms with E-state index in [0.717, 1.165) is 34.6 Å². The summed E-state index contributed by atoms with van der Waals surface area (Å²) in [6, 6.07) is 1.96. The highest BCUT2D eigenvalue weighted by Gasteiger charge is 2.03. The first-order valence-electron chi connectivity index (χ1n) is 4.96. The summed E-state index contributed by atoms with van der Waals surface area (Å²) in [6.45, 7) is 2.80. The molecular formula is C10H12BrN5. The number of nitrogens with one attached hydrogen (secondary N) is 2. The van der Waals surface area contributed by atoms with Gasteiger partial charge in [-0.05, 0) is 34.5 Å². The van der Waals surface area contributed by atoms with Gasteiger partial charge < -0.3 is 5.32 Å². The van der Waals surface area contributed by atoms with Gasteiger partial charge in [0.05, 0.1) is 4.47 Å². The maximum Gasteiger partial charge on any atom is 0.140 e. The van der Waals surface area contributed by atoms with Crippen molar-refractivity contribution in [3.05, 3.63) is 34.5 Å². The van der Waals surface area contributed by atoms with Crippen molar-refractivity contribution in [1.82, 2.24) is 20.2 Å². The van der Waals surface area contributed by atoms with Gasteiger partial charge in [-0.1, -0.05) is 0 Å². The SMILES string of the molecule is Cc1ccnc(NCCc2ncn[nH]2)c1Br. The third kappa shape index (κ3) is 2.57. The molecule has 0 bridgehead atoms. The Labute approximate surface area is 102 Å². The fourth-order valence-electron chi connectivity index (χ4n) is 1.31. The molecule has 0 aromatic carbocycles. The molecule has 2 N–H and O–H groups in total. The van der Waals surface area contributed by atoms with Gasteiger partial charge in [-0.25, -0.2) is 9.97 Å². The fraction of sp³-hybridized carbons (Fsp3) is 0.300. The minimum absolute atomic E-state index is 0.768. The van der Waals surface area contributed by atoms with Crippen molar-refractivity contribution in [3.8, 4) is 0 Å². The van der Waals surface area contributed by atoms with E-state index in [9.17, 15) is 0 Å². The normalized spacial score (nSPS) is 10.4. The van der Waals surface area contributed by atoms with Crippen molar-refractivity contribution in [1.29, 1.82) is 0 Å². The summed E-state index contributed by atoms with van der Waals surface area (Å²) >= 11 is 3.50. The lowest BCUT2D eigenvalue weighted by molar-refractivity contribution is 0.896. The van der Waals surface area contributed by atoms with Crippen LogP contribution >= 0.6 is 15.9 Å². The minimum Gasteiger partial charge on any atom is -0.369 e. The van der Waals surface area contributed by atoms with Gasteiger partial charge in [0.25, 0.3) is 0 Å². The number of nitrogens with zero attached hydrogens (tertiary/aromatic N) is 3. The predicted molar refractivity (Wildman–Crippen MR) is 65.3 cm³/mol. The average Bonchev–Trinajstić information content (AvgIpc) is 2.77. The van der Waals surface area contributed by atoms with Crippen LogP contribution in [0.5, 0.6) is 0 Å². The van der Waals surface area contributed by atoms with Crippen LogP contribution < -0.4 is 5.32 Å². The lowest BCUT2D eigenvalue weighted by atomic mass is 10.3. The molecule has 0 saturated carbocycles. The lowest BCUT2D eigenvalue weighted by Gasteiger charge is -2.07. The summed E-state index contributed by atoms with van der Waals surface area (Å²) in [4.78, 5) is 8.30. The molecule has 2 heterocycles. The van der Waals surface area contributed by atoms with E-state index in [4.69, 9.17) is 0 Å². The summed E-state index contributed by atoms with van der Waals surface area (Å²) in [5.41, 5.74) is 1.16. The van der Waals surface area contributed by atoms with Gasteiger partial charge in [0.2, 0.25) is 0 Å². The number of aromatic amines is 1. The highest BCUT2D eigenvalue weighted by atomic mass is 79.9. The number of hydrogen-bond acceptors (Lipinski definition) is 4. The topological polar surface area (TPSA) is 66.5 Å². The van der Waals surface area contributed by atoms with E-state index in [1.807, 2.05) is 13.0 Å². The molecule has 0 atom stereocenters. The molecule has 84 valence electrons. The smallest absolute Gasteiger partial charge is 0.140 e. The Balaban J connectivity index is 1.92. The number of aryl methyl sites for hydroxylation is 1. The van der Waals surface area contributed by atoms with Crippen LogP contribution in [-0.4, -0.2) is 26.7 Å². The van der Waals surface area contributed by atoms with Gasteiger partial charge in [0.1, 0.15) is 18.0 Å². The molecule has 16 heavy (non-hydrogen) atoms. The Morgan fingerprint density at radius 2 is 2.31 bits per heavy atom. The second kappa shape index (κ2) is 5.07. The highest BCUT2D eigenvalue weighted by molar-refractivity contribution is 9.10. The summed E-state index contributed by atoms with van der Waals surface area (Å²) in [5.74, 6) is 1.73. The molecule has 0 aliphatic heterocycles. The third-order valence-electron chi connectivity index (χ3n) is 2.20. The van der Waals surface area contributed by atoms with E-state index < -0.39 is 0 Å². The largest absolute Gasteiger partial charge is 0.369 e. The number of anilines is 1. The van der Waals surface area contributed by atoms with Crippen molar-refractivity contribution in [2.75, 3.05) is 11.9 Å². The maximum absolute atomic E-state index is 4.25. The molecule has 2 aromatic heterocycles. The van der Waals surface area contributed by atoms with Crippen LogP contribution in [0.4, 0.5) is 5.82 Å². The zero-order valence-corrected chi connectivity index (χ0v) is 10.5. The third-order valence-corrected chi connectivity index (χ3v) is 3.20. The first kappa shape index (κ1) is 11.1. The van der Waals surface area contributed by atoms with Crippen molar-refractivity contribution in [2.45, 2.75) is 13.3 Å². The van der Waals surface area contributed by atoms with E-state index in [1.54, 1.807) is 6.20 Å². The van der Waals surface area contributed by atoms with E-state index >= 15 is 0 Å². The molecular weight excluding hydrogens is 270 g/mol. The maximum atomic E-state index is 4.25. The number of hydrogen-bond donors (Lipinski definition) is 2. The minimum atomic E-state index is 0.768. The van der Waals surface area contributed by atoms with Crippen molar-refractivity contribution in [3.63, 3.8) is 0 Å². The van der Waals surface area contributed by atoms with Crippen molar-refractivity contribution < 1.29 is 0 Å². The average molecular weight is 282 g/mol. The monoisotopic (exact) mass is 281 g/mol. The molecule has 2 rings (SSSR count). The number of pyridine rings is 1. The molecule has 0 saturated heterocycles. The van der Waals surface area contributed by atoms with E-state index in [-0.39, 0.29) is 0 Å². The van der Waals surface area contributed by atoms with E-state index in [2.05, 4.69) is 41.4 Å². The molecule has 2 aromatic rings. The van der Waals surface area contributed by atoms with Crippen LogP contribution in [0.15, 0.2) is 23.1 Å². The van der Waals surface area contributed by atoms with E-state index in [1.165, 1.54) is 6.33 Å². The molecule has 0 fully saturated rings. The van der Waals surface area contributed by atoms with Gasteiger partial charge >= 0.3 is 0 Å². The Morgan fingerprint density at radius 3 is 3.06 bits per heavy atom. The standard InChI is InChI=1S/C10H12BrN5/c1-7-2-4-12-10(9(7)11)13-5-3-8-14-6-15-16-8/h2,4,6H,3,5H2,1H3,(H,12,13)(H,14,15,16). The molecule has 0 aliphatic rings. The van der Waals surface area contributed by atoms with Crippen LogP contribution in [0.3, 0.4) is 0 Å². The Kier molecular flexibility index (Phi) is 3.51. The van der Waals surface area contributed by atoms with Crippen LogP contribution in [0.2, 0.25) is 0 Å². The zero-order valence-electron chi connectivity index (χ0n) is 8.87. The van der Waals surface area contributed by atoms with Gasteiger partial charge in [-0.3, -0.25) is 5.10 Å². The number of aromatic nitrogens is 4. The van der Waals surface area contributed by atoms with Crippen molar-refractivity contribution >= 4 is 21.7 Å². The van der Waals surface area contributed by atoms with E-state index in [0.29, 0.717) is 0 Å². The molecule has 0 radical (unpaired) electrons. The predicted octanol–water partition coefficient (Wildman–Crippen LogP) is 1.93. The Bertz CT molecular complexity index is 454. The first-order valence-corrected chi connectivity index (χ1v) is 5.76. The van der Waals surface area contributed by atoms with Crippen LogP contribution in [0.25, 0.3) is 0 Å². The molecule has 5 nitrogen and oxygen atoms in total. The molecule has 0 amide bonds. The van der Waals surface area contributed by atoms with Crippen LogP contribution in [0.1, 0.15) is 11.4 Å².